The van der Waals surface area contributed by atoms with E-state index in [-0.39, 0.29) is 6.09 Å². The minimum Gasteiger partial charge on any atom is -0.444 e. The van der Waals surface area contributed by atoms with Crippen molar-refractivity contribution in [3.05, 3.63) is 12.7 Å². The van der Waals surface area contributed by atoms with E-state index in [4.69, 9.17) is 4.74 Å². The molecule has 1 unspecified atom stereocenters. The predicted molar refractivity (Wildman–Crippen MR) is 78.3 cm³/mol. The van der Waals surface area contributed by atoms with Gasteiger partial charge < -0.3 is 15.0 Å². The fourth-order valence-corrected chi connectivity index (χ4v) is 2.20. The average molecular weight is 268 g/mol. The summed E-state index contributed by atoms with van der Waals surface area (Å²) in [6, 6.07) is 0.507. The number of carbonyl (C=O) groups is 1. The van der Waals surface area contributed by atoms with Crippen LogP contribution in [0.4, 0.5) is 4.79 Å². The Kier molecular flexibility index (Phi) is 6.35. The van der Waals surface area contributed by atoms with Gasteiger partial charge in [0.2, 0.25) is 0 Å². The summed E-state index contributed by atoms with van der Waals surface area (Å²) >= 11 is 0. The molecule has 1 saturated heterocycles. The Bertz CT molecular complexity index is 297. The van der Waals surface area contributed by atoms with Crippen molar-refractivity contribution >= 4 is 6.09 Å². The predicted octanol–water partition coefficient (Wildman–Crippen LogP) is 2.94. The summed E-state index contributed by atoms with van der Waals surface area (Å²) in [7, 11) is 0. The topological polar surface area (TPSA) is 41.6 Å². The van der Waals surface area contributed by atoms with E-state index in [9.17, 15) is 4.79 Å². The van der Waals surface area contributed by atoms with Crippen LogP contribution in [0.15, 0.2) is 12.7 Å². The first kappa shape index (κ1) is 16.0. The van der Waals surface area contributed by atoms with E-state index in [1.54, 1.807) is 0 Å². The van der Waals surface area contributed by atoms with Crippen molar-refractivity contribution in [3.8, 4) is 0 Å². The van der Waals surface area contributed by atoms with Gasteiger partial charge in [-0.3, -0.25) is 0 Å². The van der Waals surface area contributed by atoms with Crippen LogP contribution < -0.4 is 5.32 Å². The Morgan fingerprint density at radius 3 is 2.79 bits per heavy atom. The minimum atomic E-state index is -0.412. The van der Waals surface area contributed by atoms with Gasteiger partial charge in [-0.1, -0.05) is 6.08 Å². The Morgan fingerprint density at radius 2 is 2.16 bits per heavy atom. The largest absolute Gasteiger partial charge is 0.444 e. The average Bonchev–Trinajstić information content (AvgIpc) is 2.53. The smallest absolute Gasteiger partial charge is 0.410 e. The van der Waals surface area contributed by atoms with Crippen molar-refractivity contribution in [2.75, 3.05) is 19.6 Å². The quantitative estimate of drug-likeness (QED) is 0.629. The van der Waals surface area contributed by atoms with Crippen LogP contribution in [-0.4, -0.2) is 42.3 Å². The lowest BCUT2D eigenvalue weighted by molar-refractivity contribution is 0.0256. The van der Waals surface area contributed by atoms with Crippen LogP contribution in [0.3, 0.4) is 0 Å². The number of nitrogens with one attached hydrogen (secondary N) is 1. The molecule has 0 saturated carbocycles. The standard InChI is InChI=1S/C15H28N2O2/c1-5-6-10-16-13-8-7-11-17(12-9-13)14(18)19-15(2,3)4/h5,13,16H,1,6-12H2,2-4H3. The molecule has 1 N–H and O–H groups in total. The zero-order valence-corrected chi connectivity index (χ0v) is 12.6. The van der Waals surface area contributed by atoms with Crippen molar-refractivity contribution in [1.82, 2.24) is 10.2 Å². The summed E-state index contributed by atoms with van der Waals surface area (Å²) in [4.78, 5) is 13.8. The van der Waals surface area contributed by atoms with E-state index in [2.05, 4.69) is 11.9 Å². The molecule has 1 aliphatic rings. The zero-order valence-electron chi connectivity index (χ0n) is 12.6. The fourth-order valence-electron chi connectivity index (χ4n) is 2.20. The third-order valence-corrected chi connectivity index (χ3v) is 3.16. The van der Waals surface area contributed by atoms with Crippen LogP contribution in [0.1, 0.15) is 46.5 Å². The van der Waals surface area contributed by atoms with Crippen LogP contribution in [0, 0.1) is 0 Å². The first-order chi connectivity index (χ1) is 8.92. The molecular weight excluding hydrogens is 240 g/mol. The number of ether oxygens (including phenoxy) is 1. The number of rotatable bonds is 4. The second kappa shape index (κ2) is 7.53. The van der Waals surface area contributed by atoms with Gasteiger partial charge in [0.1, 0.15) is 5.60 Å². The lowest BCUT2D eigenvalue weighted by Crippen LogP contribution is -2.38. The van der Waals surface area contributed by atoms with Crippen LogP contribution in [0.5, 0.6) is 0 Å². The van der Waals surface area contributed by atoms with Gasteiger partial charge in [-0.15, -0.1) is 6.58 Å². The Labute approximate surface area is 117 Å². The first-order valence-corrected chi connectivity index (χ1v) is 7.24. The van der Waals surface area contributed by atoms with Crippen LogP contribution in [0.2, 0.25) is 0 Å². The maximum Gasteiger partial charge on any atom is 0.410 e. The van der Waals surface area contributed by atoms with E-state index < -0.39 is 5.60 Å². The van der Waals surface area contributed by atoms with Gasteiger partial charge in [0.15, 0.2) is 0 Å². The lowest BCUT2D eigenvalue weighted by atomic mass is 10.1. The molecule has 0 aliphatic carbocycles. The Morgan fingerprint density at radius 1 is 1.42 bits per heavy atom. The molecule has 0 bridgehead atoms. The van der Waals surface area contributed by atoms with Gasteiger partial charge in [0, 0.05) is 19.1 Å². The summed E-state index contributed by atoms with van der Waals surface area (Å²) in [5, 5.41) is 3.52. The molecule has 4 nitrogen and oxygen atoms in total. The second-order valence-corrected chi connectivity index (χ2v) is 6.13. The monoisotopic (exact) mass is 268 g/mol. The number of nitrogens with zero attached hydrogens (tertiary/aromatic N) is 1. The zero-order chi connectivity index (χ0) is 14.3. The SMILES string of the molecule is C=CCCNC1CCCN(C(=O)OC(C)(C)C)CC1. The number of hydrogen-bond acceptors (Lipinski definition) is 3. The molecule has 110 valence electrons. The van der Waals surface area contributed by atoms with E-state index in [0.29, 0.717) is 6.04 Å². The van der Waals surface area contributed by atoms with Crippen LogP contribution in [0.25, 0.3) is 0 Å². The van der Waals surface area contributed by atoms with Crippen molar-refractivity contribution in [2.45, 2.75) is 58.1 Å². The molecule has 4 heteroatoms. The highest BCUT2D eigenvalue weighted by atomic mass is 16.6. The van der Waals surface area contributed by atoms with E-state index in [0.717, 1.165) is 45.3 Å². The lowest BCUT2D eigenvalue weighted by Gasteiger charge is -2.26. The van der Waals surface area contributed by atoms with Gasteiger partial charge in [0.25, 0.3) is 0 Å². The van der Waals surface area contributed by atoms with Gasteiger partial charge in [-0.25, -0.2) is 4.79 Å². The van der Waals surface area contributed by atoms with Crippen LogP contribution in [-0.2, 0) is 4.74 Å². The Balaban J connectivity index is 2.36. The van der Waals surface area contributed by atoms with Crippen molar-refractivity contribution in [2.24, 2.45) is 0 Å². The summed E-state index contributed by atoms with van der Waals surface area (Å²) < 4.78 is 5.42. The number of likely N-dealkylation sites (tertiary alicyclic amines) is 1. The number of hydrogen-bond donors (Lipinski definition) is 1. The minimum absolute atomic E-state index is 0.181. The molecule has 1 amide bonds. The highest BCUT2D eigenvalue weighted by Crippen LogP contribution is 2.15. The van der Waals surface area contributed by atoms with Crippen molar-refractivity contribution in [1.29, 1.82) is 0 Å². The highest BCUT2D eigenvalue weighted by molar-refractivity contribution is 5.68. The molecule has 0 spiro atoms. The summed E-state index contributed by atoms with van der Waals surface area (Å²) in [6.45, 7) is 12.0. The first-order valence-electron chi connectivity index (χ1n) is 7.24. The molecule has 0 aromatic carbocycles. The molecule has 1 heterocycles. The highest BCUT2D eigenvalue weighted by Gasteiger charge is 2.24. The van der Waals surface area contributed by atoms with Gasteiger partial charge in [0.05, 0.1) is 0 Å². The fraction of sp³-hybridized carbons (Fsp3) is 0.800. The summed E-state index contributed by atoms with van der Waals surface area (Å²) in [5.41, 5.74) is -0.412. The van der Waals surface area contributed by atoms with E-state index >= 15 is 0 Å². The number of carbonyl (C=O) groups excluding carboxylic acids is 1. The second-order valence-electron chi connectivity index (χ2n) is 6.13. The molecule has 0 aromatic heterocycles. The maximum absolute atomic E-state index is 12.0. The van der Waals surface area contributed by atoms with Crippen molar-refractivity contribution in [3.63, 3.8) is 0 Å². The molecular formula is C15H28N2O2. The third kappa shape index (κ3) is 6.62. The van der Waals surface area contributed by atoms with Crippen LogP contribution >= 0.6 is 0 Å². The van der Waals surface area contributed by atoms with E-state index in [1.165, 1.54) is 0 Å². The molecule has 19 heavy (non-hydrogen) atoms. The molecule has 1 aliphatic heterocycles. The summed E-state index contributed by atoms with van der Waals surface area (Å²) in [6.07, 6.45) is 5.89. The Hall–Kier alpha value is -1.03. The van der Waals surface area contributed by atoms with Gasteiger partial charge >= 0.3 is 6.09 Å². The maximum atomic E-state index is 12.0. The molecule has 1 atom stereocenters. The molecule has 1 fully saturated rings. The number of amides is 1. The van der Waals surface area contributed by atoms with E-state index in [1.807, 2.05) is 31.7 Å². The van der Waals surface area contributed by atoms with Crippen molar-refractivity contribution < 1.29 is 9.53 Å². The molecule has 1 rings (SSSR count). The summed E-state index contributed by atoms with van der Waals surface area (Å²) in [5.74, 6) is 0. The van der Waals surface area contributed by atoms with Gasteiger partial charge in [-0.05, 0) is 53.0 Å². The van der Waals surface area contributed by atoms with Gasteiger partial charge in [-0.2, -0.15) is 0 Å². The molecule has 0 aromatic rings. The molecule has 0 radical (unpaired) electrons. The third-order valence-electron chi connectivity index (χ3n) is 3.16. The normalized spacial score (nSPS) is 20.8.